The van der Waals surface area contributed by atoms with Crippen molar-refractivity contribution in [2.24, 2.45) is 5.92 Å². The highest BCUT2D eigenvalue weighted by Crippen LogP contribution is 2.35. The molecule has 1 aromatic heterocycles. The van der Waals surface area contributed by atoms with E-state index in [2.05, 4.69) is 5.10 Å². The van der Waals surface area contributed by atoms with Crippen molar-refractivity contribution in [3.8, 4) is 0 Å². The quantitative estimate of drug-likeness (QED) is 0.647. The smallest absolute Gasteiger partial charge is 0.333 e. The van der Waals surface area contributed by atoms with Crippen LogP contribution < -0.4 is 4.90 Å². The van der Waals surface area contributed by atoms with Gasteiger partial charge in [0.05, 0.1) is 10.8 Å². The summed E-state index contributed by atoms with van der Waals surface area (Å²) in [5, 5.41) is 24.5. The monoisotopic (exact) mass is 282 g/mol. The van der Waals surface area contributed by atoms with E-state index in [1.54, 1.807) is 16.5 Å². The second-order valence-electron chi connectivity index (χ2n) is 5.01. The molecule has 0 aromatic carbocycles. The zero-order valence-electron chi connectivity index (χ0n) is 11.6. The summed E-state index contributed by atoms with van der Waals surface area (Å²) < 4.78 is 1.62. The van der Waals surface area contributed by atoms with Crippen molar-refractivity contribution >= 4 is 17.5 Å². The molecule has 1 atom stereocenters. The highest BCUT2D eigenvalue weighted by Gasteiger charge is 2.35. The largest absolute Gasteiger partial charge is 0.481 e. The van der Waals surface area contributed by atoms with Gasteiger partial charge in [0, 0.05) is 19.6 Å². The van der Waals surface area contributed by atoms with Crippen LogP contribution in [0.2, 0.25) is 0 Å². The van der Waals surface area contributed by atoms with Crippen LogP contribution in [-0.2, 0) is 11.3 Å². The third kappa shape index (κ3) is 2.45. The maximum atomic E-state index is 11.2. The molecule has 0 radical (unpaired) electrons. The topological polar surface area (TPSA) is 101 Å². The second-order valence-corrected chi connectivity index (χ2v) is 5.01. The Bertz CT molecular complexity index is 540. The van der Waals surface area contributed by atoms with Crippen LogP contribution >= 0.6 is 0 Å². The first-order chi connectivity index (χ1) is 9.45. The lowest BCUT2D eigenvalue weighted by Crippen LogP contribution is -2.26. The Morgan fingerprint density at radius 1 is 1.60 bits per heavy atom. The predicted molar refractivity (Wildman–Crippen MR) is 71.9 cm³/mol. The van der Waals surface area contributed by atoms with E-state index in [9.17, 15) is 14.9 Å². The molecule has 1 unspecified atom stereocenters. The number of hydrogen-bond acceptors (Lipinski definition) is 5. The maximum Gasteiger partial charge on any atom is 0.333 e. The fourth-order valence-corrected chi connectivity index (χ4v) is 2.61. The molecule has 0 bridgehead atoms. The lowest BCUT2D eigenvalue weighted by atomic mass is 10.1. The molecule has 1 aromatic rings. The standard InChI is InChI=1S/C12H18N4O4/c1-3-5-15-11(10(16(19)20)8(2)13-15)14-6-4-9(7-14)12(17)18/h9H,3-7H2,1-2H3,(H,17,18). The lowest BCUT2D eigenvalue weighted by Gasteiger charge is -2.18. The Morgan fingerprint density at radius 2 is 2.30 bits per heavy atom. The van der Waals surface area contributed by atoms with Crippen molar-refractivity contribution in [2.75, 3.05) is 18.0 Å². The van der Waals surface area contributed by atoms with E-state index in [1.807, 2.05) is 6.92 Å². The second kappa shape index (κ2) is 5.48. The number of carboxylic acids is 1. The summed E-state index contributed by atoms with van der Waals surface area (Å²) in [4.78, 5) is 23.6. The first-order valence-electron chi connectivity index (χ1n) is 6.65. The van der Waals surface area contributed by atoms with E-state index in [1.165, 1.54) is 0 Å². The fourth-order valence-electron chi connectivity index (χ4n) is 2.61. The molecule has 2 heterocycles. The molecule has 1 aliphatic rings. The number of nitro groups is 1. The molecule has 8 nitrogen and oxygen atoms in total. The molecule has 0 aliphatic carbocycles. The number of nitrogens with zero attached hydrogens (tertiary/aromatic N) is 4. The summed E-state index contributed by atoms with van der Waals surface area (Å²) in [6, 6.07) is 0. The molecule has 1 saturated heterocycles. The first-order valence-corrected chi connectivity index (χ1v) is 6.65. The zero-order chi connectivity index (χ0) is 14.9. The van der Waals surface area contributed by atoms with Gasteiger partial charge in [-0.25, -0.2) is 4.68 Å². The number of carboxylic acid groups (broad SMARTS) is 1. The van der Waals surface area contributed by atoms with Crippen molar-refractivity contribution < 1.29 is 14.8 Å². The van der Waals surface area contributed by atoms with Crippen LogP contribution in [0.1, 0.15) is 25.5 Å². The Hall–Kier alpha value is -2.12. The number of anilines is 1. The Labute approximate surface area is 116 Å². The van der Waals surface area contributed by atoms with Gasteiger partial charge in [0.2, 0.25) is 5.82 Å². The average molecular weight is 282 g/mol. The van der Waals surface area contributed by atoms with Crippen LogP contribution in [0, 0.1) is 23.0 Å². The van der Waals surface area contributed by atoms with E-state index < -0.39 is 16.8 Å². The van der Waals surface area contributed by atoms with E-state index in [0.29, 0.717) is 37.6 Å². The molecule has 0 spiro atoms. The number of carbonyl (C=O) groups is 1. The van der Waals surface area contributed by atoms with Crippen LogP contribution in [-0.4, -0.2) is 38.9 Å². The van der Waals surface area contributed by atoms with Crippen LogP contribution in [0.5, 0.6) is 0 Å². The highest BCUT2D eigenvalue weighted by molar-refractivity contribution is 5.73. The van der Waals surface area contributed by atoms with Crippen LogP contribution in [0.25, 0.3) is 0 Å². The Balaban J connectivity index is 2.39. The van der Waals surface area contributed by atoms with Crippen LogP contribution in [0.4, 0.5) is 11.5 Å². The molecule has 110 valence electrons. The van der Waals surface area contributed by atoms with E-state index in [-0.39, 0.29) is 5.69 Å². The van der Waals surface area contributed by atoms with Gasteiger partial charge in [-0.15, -0.1) is 0 Å². The molecule has 8 heteroatoms. The van der Waals surface area contributed by atoms with Gasteiger partial charge in [-0.3, -0.25) is 14.9 Å². The van der Waals surface area contributed by atoms with Gasteiger partial charge < -0.3 is 10.0 Å². The summed E-state index contributed by atoms with van der Waals surface area (Å²) in [7, 11) is 0. The molecular weight excluding hydrogens is 264 g/mol. The summed E-state index contributed by atoms with van der Waals surface area (Å²) in [6.45, 7) is 4.96. The van der Waals surface area contributed by atoms with Gasteiger partial charge in [0.25, 0.3) is 0 Å². The number of aromatic nitrogens is 2. The molecule has 1 N–H and O–H groups in total. The van der Waals surface area contributed by atoms with E-state index in [0.717, 1.165) is 6.42 Å². The Morgan fingerprint density at radius 3 is 2.80 bits per heavy atom. The number of rotatable bonds is 5. The summed E-state index contributed by atoms with van der Waals surface area (Å²) >= 11 is 0. The van der Waals surface area contributed by atoms with E-state index in [4.69, 9.17) is 5.11 Å². The minimum Gasteiger partial charge on any atom is -0.481 e. The molecular formula is C12H18N4O4. The normalized spacial score (nSPS) is 18.5. The predicted octanol–water partition coefficient (Wildman–Crippen LogP) is 1.42. The molecule has 1 fully saturated rings. The minimum absolute atomic E-state index is 0.00973. The van der Waals surface area contributed by atoms with Crippen molar-refractivity contribution in [1.29, 1.82) is 0 Å². The molecule has 20 heavy (non-hydrogen) atoms. The van der Waals surface area contributed by atoms with Gasteiger partial charge in [-0.1, -0.05) is 6.92 Å². The number of aryl methyl sites for hydroxylation is 2. The van der Waals surface area contributed by atoms with Crippen molar-refractivity contribution in [1.82, 2.24) is 9.78 Å². The summed E-state index contributed by atoms with van der Waals surface area (Å²) in [6.07, 6.45) is 1.31. The number of hydrogen-bond donors (Lipinski definition) is 1. The van der Waals surface area contributed by atoms with E-state index >= 15 is 0 Å². The third-order valence-electron chi connectivity index (χ3n) is 3.52. The zero-order valence-corrected chi connectivity index (χ0v) is 11.6. The van der Waals surface area contributed by atoms with Gasteiger partial charge in [0.15, 0.2) is 0 Å². The van der Waals surface area contributed by atoms with Crippen molar-refractivity contribution in [3.05, 3.63) is 15.8 Å². The third-order valence-corrected chi connectivity index (χ3v) is 3.52. The van der Waals surface area contributed by atoms with Gasteiger partial charge >= 0.3 is 11.7 Å². The minimum atomic E-state index is -0.853. The Kier molecular flexibility index (Phi) is 3.91. The van der Waals surface area contributed by atoms with Crippen LogP contribution in [0.3, 0.4) is 0 Å². The van der Waals surface area contributed by atoms with Gasteiger partial charge in [-0.2, -0.15) is 5.10 Å². The van der Waals surface area contributed by atoms with Crippen molar-refractivity contribution in [2.45, 2.75) is 33.2 Å². The fraction of sp³-hybridized carbons (Fsp3) is 0.667. The SMILES string of the molecule is CCCn1nc(C)c([N+](=O)[O-])c1N1CCC(C(=O)O)C1. The number of aliphatic carboxylic acids is 1. The molecule has 0 saturated carbocycles. The average Bonchev–Trinajstić information content (AvgIpc) is 2.93. The molecule has 2 rings (SSSR count). The highest BCUT2D eigenvalue weighted by atomic mass is 16.6. The van der Waals surface area contributed by atoms with Gasteiger partial charge in [-0.05, 0) is 19.8 Å². The maximum absolute atomic E-state index is 11.2. The summed E-state index contributed by atoms with van der Waals surface area (Å²) in [5.74, 6) is -0.883. The van der Waals surface area contributed by atoms with Crippen molar-refractivity contribution in [3.63, 3.8) is 0 Å². The van der Waals surface area contributed by atoms with Gasteiger partial charge in [0.1, 0.15) is 5.69 Å². The molecule has 1 aliphatic heterocycles. The lowest BCUT2D eigenvalue weighted by molar-refractivity contribution is -0.384. The first kappa shape index (κ1) is 14.3. The summed E-state index contributed by atoms with van der Waals surface area (Å²) in [5.41, 5.74) is 0.363. The van der Waals surface area contributed by atoms with Crippen LogP contribution in [0.15, 0.2) is 0 Å². The molecule has 0 amide bonds.